The van der Waals surface area contributed by atoms with Crippen LogP contribution in [0, 0.1) is 0 Å². The van der Waals surface area contributed by atoms with Crippen molar-refractivity contribution in [2.45, 2.75) is 12.8 Å². The van der Waals surface area contributed by atoms with E-state index in [1.165, 1.54) is 11.3 Å². The summed E-state index contributed by atoms with van der Waals surface area (Å²) in [7, 11) is 0. The second kappa shape index (κ2) is 10.4. The van der Waals surface area contributed by atoms with E-state index in [-0.39, 0.29) is 5.91 Å². The normalized spacial score (nSPS) is 10.4. The lowest BCUT2D eigenvalue weighted by molar-refractivity contribution is 0.0706. The number of unbranched alkanes of at least 4 members (excludes halogenated alkanes) is 1. The third-order valence-electron chi connectivity index (χ3n) is 4.11. The van der Waals surface area contributed by atoms with Crippen LogP contribution in [0.15, 0.2) is 60.0 Å². The summed E-state index contributed by atoms with van der Waals surface area (Å²) in [4.78, 5) is 27.9. The fraction of sp³-hybridized carbons (Fsp3) is 0.190. The average molecular weight is 411 g/mol. The van der Waals surface area contributed by atoms with Crippen LogP contribution in [0.3, 0.4) is 0 Å². The molecule has 29 heavy (non-hydrogen) atoms. The molecular formula is C21H21N3O4S. The summed E-state index contributed by atoms with van der Waals surface area (Å²) < 4.78 is 5.60. The molecular weight excluding hydrogens is 390 g/mol. The van der Waals surface area contributed by atoms with Crippen LogP contribution in [0.25, 0.3) is 11.3 Å². The summed E-state index contributed by atoms with van der Waals surface area (Å²) in [6, 6.07) is 16.2. The van der Waals surface area contributed by atoms with Crippen molar-refractivity contribution >= 4 is 23.2 Å². The Balaban J connectivity index is 1.35. The number of rotatable bonds is 9. The predicted molar refractivity (Wildman–Crippen MR) is 110 cm³/mol. The third kappa shape index (κ3) is 5.87. The largest absolute Gasteiger partial charge is 0.494 e. The monoisotopic (exact) mass is 411 g/mol. The van der Waals surface area contributed by atoms with Gasteiger partial charge >= 0.3 is 0 Å². The first-order chi connectivity index (χ1) is 14.2. The van der Waals surface area contributed by atoms with Crippen molar-refractivity contribution in [1.29, 1.82) is 0 Å². The van der Waals surface area contributed by atoms with Gasteiger partial charge in [0.15, 0.2) is 5.01 Å². The van der Waals surface area contributed by atoms with Gasteiger partial charge < -0.3 is 10.1 Å². The third-order valence-corrected chi connectivity index (χ3v) is 4.95. The Labute approximate surface area is 172 Å². The molecule has 0 aliphatic heterocycles. The molecule has 0 aliphatic carbocycles. The van der Waals surface area contributed by atoms with Crippen molar-refractivity contribution in [3.63, 3.8) is 0 Å². The molecule has 0 saturated heterocycles. The van der Waals surface area contributed by atoms with Crippen molar-refractivity contribution in [3.05, 3.63) is 70.5 Å². The van der Waals surface area contributed by atoms with Gasteiger partial charge in [-0.3, -0.25) is 14.8 Å². The number of carbonyl (C=O) groups excluding carboxylic acids is 2. The van der Waals surface area contributed by atoms with Crippen LogP contribution >= 0.6 is 11.3 Å². The lowest BCUT2D eigenvalue weighted by Gasteiger charge is -2.07. The Bertz CT molecular complexity index is 942. The Morgan fingerprint density at radius 3 is 2.48 bits per heavy atom. The first-order valence-electron chi connectivity index (χ1n) is 9.14. The second-order valence-corrected chi connectivity index (χ2v) is 7.04. The number of aromatic nitrogens is 1. The van der Waals surface area contributed by atoms with Crippen molar-refractivity contribution in [1.82, 2.24) is 15.8 Å². The summed E-state index contributed by atoms with van der Waals surface area (Å²) in [5.74, 6) is -0.0981. The van der Waals surface area contributed by atoms with Crippen LogP contribution < -0.4 is 15.5 Å². The maximum atomic E-state index is 12.2. The van der Waals surface area contributed by atoms with Gasteiger partial charge in [-0.05, 0) is 37.1 Å². The Morgan fingerprint density at radius 1 is 1.00 bits per heavy atom. The number of hydrogen-bond donors (Lipinski definition) is 3. The summed E-state index contributed by atoms with van der Waals surface area (Å²) in [5.41, 5.74) is 3.72. The smallest absolute Gasteiger partial charge is 0.280 e. The Hall–Kier alpha value is -3.23. The van der Waals surface area contributed by atoms with Gasteiger partial charge in [-0.15, -0.1) is 11.3 Å². The zero-order chi connectivity index (χ0) is 20.5. The van der Waals surface area contributed by atoms with Crippen molar-refractivity contribution in [2.24, 2.45) is 0 Å². The van der Waals surface area contributed by atoms with Gasteiger partial charge in [-0.25, -0.2) is 10.5 Å². The minimum atomic E-state index is -0.566. The Morgan fingerprint density at radius 2 is 1.76 bits per heavy atom. The number of carbonyl (C=O) groups is 2. The minimum Gasteiger partial charge on any atom is -0.494 e. The molecule has 3 aromatic rings. The first kappa shape index (κ1) is 20.5. The van der Waals surface area contributed by atoms with E-state index in [1.807, 2.05) is 35.7 Å². The summed E-state index contributed by atoms with van der Waals surface area (Å²) in [5, 5.41) is 13.8. The fourth-order valence-electron chi connectivity index (χ4n) is 2.58. The van der Waals surface area contributed by atoms with E-state index in [0.29, 0.717) is 29.5 Å². The molecule has 1 aromatic heterocycles. The molecule has 0 aliphatic rings. The molecule has 0 fully saturated rings. The van der Waals surface area contributed by atoms with E-state index >= 15 is 0 Å². The van der Waals surface area contributed by atoms with Crippen molar-refractivity contribution < 1.29 is 19.5 Å². The molecule has 7 nitrogen and oxygen atoms in total. The van der Waals surface area contributed by atoms with Crippen LogP contribution in [0.5, 0.6) is 5.75 Å². The number of amides is 2. The molecule has 3 rings (SSSR count). The lowest BCUT2D eigenvalue weighted by Crippen LogP contribution is -2.24. The molecule has 0 spiro atoms. The molecule has 0 unspecified atom stereocenters. The molecule has 150 valence electrons. The van der Waals surface area contributed by atoms with Crippen LogP contribution in [0.2, 0.25) is 0 Å². The molecule has 0 saturated carbocycles. The average Bonchev–Trinajstić information content (AvgIpc) is 3.27. The number of nitrogens with zero attached hydrogens (tertiary/aromatic N) is 1. The molecule has 2 amide bonds. The summed E-state index contributed by atoms with van der Waals surface area (Å²) in [6.45, 7) is 1.04. The van der Waals surface area contributed by atoms with Crippen LogP contribution in [-0.4, -0.2) is 35.2 Å². The quantitative estimate of drug-likeness (QED) is 0.284. The predicted octanol–water partition coefficient (Wildman–Crippen LogP) is 3.52. The van der Waals surface area contributed by atoms with Gasteiger partial charge in [0.1, 0.15) is 5.75 Å². The highest BCUT2D eigenvalue weighted by atomic mass is 32.1. The highest BCUT2D eigenvalue weighted by molar-refractivity contribution is 7.12. The van der Waals surface area contributed by atoms with E-state index in [0.717, 1.165) is 24.1 Å². The van der Waals surface area contributed by atoms with E-state index in [9.17, 15) is 9.59 Å². The van der Waals surface area contributed by atoms with E-state index < -0.39 is 5.91 Å². The van der Waals surface area contributed by atoms with Gasteiger partial charge in [0.2, 0.25) is 0 Å². The SMILES string of the molecule is O=C(NO)c1ccc(OCCCCNC(=O)c2nc(-c3ccccc3)cs2)cc1. The second-order valence-electron chi connectivity index (χ2n) is 6.18. The molecule has 0 bridgehead atoms. The van der Waals surface area contributed by atoms with Gasteiger partial charge in [-0.1, -0.05) is 30.3 Å². The molecule has 8 heteroatoms. The highest BCUT2D eigenvalue weighted by Gasteiger charge is 2.11. The lowest BCUT2D eigenvalue weighted by atomic mass is 10.2. The van der Waals surface area contributed by atoms with E-state index in [2.05, 4.69) is 10.3 Å². The number of nitrogens with one attached hydrogen (secondary N) is 2. The van der Waals surface area contributed by atoms with Gasteiger partial charge in [0, 0.05) is 23.1 Å². The van der Waals surface area contributed by atoms with E-state index in [4.69, 9.17) is 9.94 Å². The first-order valence-corrected chi connectivity index (χ1v) is 10.0. The Kier molecular flexibility index (Phi) is 7.32. The van der Waals surface area contributed by atoms with Crippen LogP contribution in [0.1, 0.15) is 33.0 Å². The van der Waals surface area contributed by atoms with E-state index in [1.54, 1.807) is 29.7 Å². The number of ether oxygens (including phenoxy) is 1. The topological polar surface area (TPSA) is 101 Å². The van der Waals surface area contributed by atoms with Gasteiger partial charge in [0.05, 0.1) is 12.3 Å². The maximum absolute atomic E-state index is 12.2. The number of hydrogen-bond acceptors (Lipinski definition) is 6. The van der Waals surface area contributed by atoms with Crippen LogP contribution in [0.4, 0.5) is 0 Å². The molecule has 0 atom stereocenters. The molecule has 1 heterocycles. The zero-order valence-electron chi connectivity index (χ0n) is 15.6. The van der Waals surface area contributed by atoms with Crippen molar-refractivity contribution in [2.75, 3.05) is 13.2 Å². The number of hydroxylamine groups is 1. The number of benzene rings is 2. The fourth-order valence-corrected chi connectivity index (χ4v) is 3.32. The van der Waals surface area contributed by atoms with Gasteiger partial charge in [0.25, 0.3) is 11.8 Å². The minimum absolute atomic E-state index is 0.171. The zero-order valence-corrected chi connectivity index (χ0v) is 16.4. The molecule has 0 radical (unpaired) electrons. The molecule has 2 aromatic carbocycles. The van der Waals surface area contributed by atoms with Crippen molar-refractivity contribution in [3.8, 4) is 17.0 Å². The summed E-state index contributed by atoms with van der Waals surface area (Å²) >= 11 is 1.33. The maximum Gasteiger partial charge on any atom is 0.280 e. The van der Waals surface area contributed by atoms with Crippen LogP contribution in [-0.2, 0) is 0 Å². The highest BCUT2D eigenvalue weighted by Crippen LogP contribution is 2.21. The summed E-state index contributed by atoms with van der Waals surface area (Å²) in [6.07, 6.45) is 1.54. The standard InChI is InChI=1S/C21H21N3O4S/c25-19(24-27)16-8-10-17(11-9-16)28-13-5-4-12-22-20(26)21-23-18(14-29-21)15-6-2-1-3-7-15/h1-3,6-11,14,27H,4-5,12-13H2,(H,22,26)(H,24,25). The van der Waals surface area contributed by atoms with Gasteiger partial charge in [-0.2, -0.15) is 0 Å². The number of thiazole rings is 1. The molecule has 3 N–H and O–H groups in total.